The Balaban J connectivity index is 1.42. The Labute approximate surface area is 184 Å². The molecule has 9 nitrogen and oxygen atoms in total. The van der Waals surface area contributed by atoms with Crippen molar-refractivity contribution in [1.82, 2.24) is 4.90 Å². The predicted molar refractivity (Wildman–Crippen MR) is 113 cm³/mol. The normalized spacial score (nSPS) is 12.3. The quantitative estimate of drug-likeness (QED) is 0.472. The number of hydrogen-bond donors (Lipinski definition) is 1. The molecule has 0 saturated carbocycles. The third-order valence-electron chi connectivity index (χ3n) is 4.62. The van der Waals surface area contributed by atoms with Crippen LogP contribution in [0.4, 0.5) is 5.69 Å². The maximum atomic E-state index is 12.3. The van der Waals surface area contributed by atoms with Gasteiger partial charge in [0.25, 0.3) is 17.7 Å². The van der Waals surface area contributed by atoms with E-state index < -0.39 is 36.3 Å². The maximum Gasteiger partial charge on any atom is 0.338 e. The number of carbonyl (C=O) groups is 5. The highest BCUT2D eigenvalue weighted by atomic mass is 16.5. The summed E-state index contributed by atoms with van der Waals surface area (Å²) in [5.74, 6) is -2.65. The molecule has 3 rings (SSSR count). The SMILES string of the molecule is CCCOC(=O)c1ccc(NC(=O)COC(=O)CCN2C(=O)c3ccccc3C2=O)cc1. The second kappa shape index (κ2) is 10.3. The minimum absolute atomic E-state index is 0.137. The number of imide groups is 1. The molecule has 0 aromatic heterocycles. The van der Waals surface area contributed by atoms with Crippen molar-refractivity contribution in [2.24, 2.45) is 0 Å². The van der Waals surface area contributed by atoms with Gasteiger partial charge in [-0.25, -0.2) is 4.79 Å². The Morgan fingerprint density at radius 3 is 2.12 bits per heavy atom. The zero-order chi connectivity index (χ0) is 23.1. The highest BCUT2D eigenvalue weighted by molar-refractivity contribution is 6.21. The number of nitrogens with one attached hydrogen (secondary N) is 1. The second-order valence-electron chi connectivity index (χ2n) is 6.98. The highest BCUT2D eigenvalue weighted by Gasteiger charge is 2.35. The van der Waals surface area contributed by atoms with Crippen LogP contribution in [0.5, 0.6) is 0 Å². The fourth-order valence-electron chi connectivity index (χ4n) is 3.03. The average molecular weight is 438 g/mol. The minimum Gasteiger partial charge on any atom is -0.462 e. The number of hydrogen-bond acceptors (Lipinski definition) is 7. The van der Waals surface area contributed by atoms with Crippen LogP contribution in [0.3, 0.4) is 0 Å². The standard InChI is InChI=1S/C23H22N2O7/c1-2-13-31-23(30)15-7-9-16(10-8-15)24-19(26)14-32-20(27)11-12-25-21(28)17-5-3-4-6-18(17)22(25)29/h3-10H,2,11-14H2,1H3,(H,24,26). The summed E-state index contributed by atoms with van der Waals surface area (Å²) in [5, 5.41) is 2.54. The van der Waals surface area contributed by atoms with E-state index in [1.165, 1.54) is 24.3 Å². The molecule has 166 valence electrons. The van der Waals surface area contributed by atoms with E-state index in [-0.39, 0.29) is 13.0 Å². The fraction of sp³-hybridized carbons (Fsp3) is 0.261. The molecule has 0 saturated heterocycles. The number of nitrogens with zero attached hydrogens (tertiary/aromatic N) is 1. The Morgan fingerprint density at radius 1 is 0.906 bits per heavy atom. The van der Waals surface area contributed by atoms with E-state index in [0.717, 1.165) is 11.3 Å². The van der Waals surface area contributed by atoms with Crippen LogP contribution in [0.15, 0.2) is 48.5 Å². The molecule has 0 unspecified atom stereocenters. The number of benzene rings is 2. The van der Waals surface area contributed by atoms with Gasteiger partial charge >= 0.3 is 11.9 Å². The van der Waals surface area contributed by atoms with Crippen LogP contribution < -0.4 is 5.32 Å². The molecule has 1 aliphatic heterocycles. The van der Waals surface area contributed by atoms with Gasteiger partial charge in [0.15, 0.2) is 6.61 Å². The van der Waals surface area contributed by atoms with Crippen LogP contribution in [-0.4, -0.2) is 54.3 Å². The molecule has 2 aromatic carbocycles. The molecule has 0 spiro atoms. The Hall–Kier alpha value is -4.01. The molecule has 0 fully saturated rings. The van der Waals surface area contributed by atoms with Crippen LogP contribution in [-0.2, 0) is 19.1 Å². The van der Waals surface area contributed by atoms with Crippen molar-refractivity contribution in [3.63, 3.8) is 0 Å². The lowest BCUT2D eigenvalue weighted by atomic mass is 10.1. The van der Waals surface area contributed by atoms with Gasteiger partial charge in [-0.3, -0.25) is 24.1 Å². The lowest BCUT2D eigenvalue weighted by Crippen LogP contribution is -2.32. The zero-order valence-corrected chi connectivity index (χ0v) is 17.5. The summed E-state index contributed by atoms with van der Waals surface area (Å²) in [7, 11) is 0. The van der Waals surface area contributed by atoms with E-state index in [1.807, 2.05) is 6.92 Å². The van der Waals surface area contributed by atoms with Crippen LogP contribution in [0.1, 0.15) is 50.8 Å². The summed E-state index contributed by atoms with van der Waals surface area (Å²) >= 11 is 0. The highest BCUT2D eigenvalue weighted by Crippen LogP contribution is 2.22. The first-order valence-corrected chi connectivity index (χ1v) is 10.1. The van der Waals surface area contributed by atoms with Gasteiger partial charge in [-0.05, 0) is 42.8 Å². The van der Waals surface area contributed by atoms with Gasteiger partial charge in [-0.1, -0.05) is 19.1 Å². The molecular formula is C23H22N2O7. The third-order valence-corrected chi connectivity index (χ3v) is 4.62. The zero-order valence-electron chi connectivity index (χ0n) is 17.5. The summed E-state index contributed by atoms with van der Waals surface area (Å²) in [4.78, 5) is 61.2. The molecular weight excluding hydrogens is 416 g/mol. The number of carbonyl (C=O) groups excluding carboxylic acids is 5. The molecule has 0 radical (unpaired) electrons. The van der Waals surface area contributed by atoms with Crippen molar-refractivity contribution in [2.45, 2.75) is 19.8 Å². The first kappa shape index (κ1) is 22.7. The lowest BCUT2D eigenvalue weighted by molar-refractivity contribution is -0.147. The number of amides is 3. The molecule has 0 atom stereocenters. The molecule has 1 aliphatic rings. The van der Waals surface area contributed by atoms with Crippen LogP contribution in [0, 0.1) is 0 Å². The first-order valence-electron chi connectivity index (χ1n) is 10.1. The van der Waals surface area contributed by atoms with Crippen LogP contribution >= 0.6 is 0 Å². The summed E-state index contributed by atoms with van der Waals surface area (Å²) in [6.07, 6.45) is 0.490. The smallest absolute Gasteiger partial charge is 0.338 e. The van der Waals surface area contributed by atoms with E-state index in [0.29, 0.717) is 29.0 Å². The fourth-order valence-corrected chi connectivity index (χ4v) is 3.03. The van der Waals surface area contributed by atoms with E-state index >= 15 is 0 Å². The largest absolute Gasteiger partial charge is 0.462 e. The van der Waals surface area contributed by atoms with E-state index in [2.05, 4.69) is 5.32 Å². The van der Waals surface area contributed by atoms with Crippen molar-refractivity contribution < 1.29 is 33.4 Å². The molecule has 3 amide bonds. The minimum atomic E-state index is -0.717. The molecule has 9 heteroatoms. The van der Waals surface area contributed by atoms with Crippen LogP contribution in [0.2, 0.25) is 0 Å². The summed E-state index contributed by atoms with van der Waals surface area (Å²) < 4.78 is 9.94. The monoisotopic (exact) mass is 438 g/mol. The molecule has 2 aromatic rings. The number of anilines is 1. The number of rotatable bonds is 9. The van der Waals surface area contributed by atoms with E-state index in [9.17, 15) is 24.0 Å². The Kier molecular flexibility index (Phi) is 7.33. The third kappa shape index (κ3) is 5.37. The number of esters is 2. The van der Waals surface area contributed by atoms with Crippen molar-refractivity contribution in [1.29, 1.82) is 0 Å². The van der Waals surface area contributed by atoms with E-state index in [4.69, 9.17) is 9.47 Å². The van der Waals surface area contributed by atoms with Gasteiger partial charge in [0.2, 0.25) is 0 Å². The second-order valence-corrected chi connectivity index (χ2v) is 6.98. The van der Waals surface area contributed by atoms with Crippen LogP contribution in [0.25, 0.3) is 0 Å². The first-order chi connectivity index (χ1) is 15.4. The maximum absolute atomic E-state index is 12.3. The molecule has 1 N–H and O–H groups in total. The van der Waals surface area contributed by atoms with E-state index in [1.54, 1.807) is 24.3 Å². The van der Waals surface area contributed by atoms with Crippen molar-refractivity contribution in [2.75, 3.05) is 25.1 Å². The van der Waals surface area contributed by atoms with Gasteiger partial charge in [-0.2, -0.15) is 0 Å². The van der Waals surface area contributed by atoms with Gasteiger partial charge in [0.1, 0.15) is 0 Å². The predicted octanol–water partition coefficient (Wildman–Crippen LogP) is 2.42. The number of ether oxygens (including phenoxy) is 2. The summed E-state index contributed by atoms with van der Waals surface area (Å²) in [5.41, 5.74) is 1.38. The summed E-state index contributed by atoms with van der Waals surface area (Å²) in [6.45, 7) is 1.56. The average Bonchev–Trinajstić information content (AvgIpc) is 3.05. The van der Waals surface area contributed by atoms with Gasteiger partial charge < -0.3 is 14.8 Å². The van der Waals surface area contributed by atoms with Crippen molar-refractivity contribution in [3.8, 4) is 0 Å². The van der Waals surface area contributed by atoms with Gasteiger partial charge in [0, 0.05) is 12.2 Å². The molecule has 0 aliphatic carbocycles. The van der Waals surface area contributed by atoms with Crippen molar-refractivity contribution in [3.05, 3.63) is 65.2 Å². The Bertz CT molecular complexity index is 1010. The van der Waals surface area contributed by atoms with Crippen molar-refractivity contribution >= 4 is 35.3 Å². The lowest BCUT2D eigenvalue weighted by Gasteiger charge is -2.13. The number of fused-ring (bicyclic) bond motifs is 1. The molecule has 32 heavy (non-hydrogen) atoms. The summed E-state index contributed by atoms with van der Waals surface area (Å²) in [6, 6.07) is 12.5. The van der Waals surface area contributed by atoms with Gasteiger partial charge in [-0.15, -0.1) is 0 Å². The van der Waals surface area contributed by atoms with Gasteiger partial charge in [0.05, 0.1) is 29.7 Å². The molecule has 0 bridgehead atoms. The Morgan fingerprint density at radius 2 is 1.53 bits per heavy atom. The molecule has 1 heterocycles. The topological polar surface area (TPSA) is 119 Å².